The lowest BCUT2D eigenvalue weighted by atomic mass is 9.61. The number of ether oxygens (including phenoxy) is 1. The van der Waals surface area contributed by atoms with Crippen LogP contribution in [0.2, 0.25) is 0 Å². The maximum Gasteiger partial charge on any atom is 0.119 e. The van der Waals surface area contributed by atoms with Crippen LogP contribution < -0.4 is 4.74 Å². The molecule has 4 heteroatoms. The Hall–Kier alpha value is -1.78. The molecule has 1 saturated heterocycles. The van der Waals surface area contributed by atoms with Gasteiger partial charge in [-0.1, -0.05) is 18.6 Å². The number of nitrogens with zero attached hydrogens (tertiary/aromatic N) is 1. The van der Waals surface area contributed by atoms with Crippen molar-refractivity contribution in [3.63, 3.8) is 0 Å². The van der Waals surface area contributed by atoms with Gasteiger partial charge in [-0.25, -0.2) is 0 Å². The Morgan fingerprint density at radius 1 is 1.40 bits per heavy atom. The maximum absolute atomic E-state index is 10.6. The van der Waals surface area contributed by atoms with Crippen LogP contribution in [0, 0.1) is 5.92 Å². The van der Waals surface area contributed by atoms with Crippen LogP contribution in [0.4, 0.5) is 0 Å². The molecule has 4 heterocycles. The summed E-state index contributed by atoms with van der Waals surface area (Å²) in [5, 5.41) is 11.9. The van der Waals surface area contributed by atoms with Crippen molar-refractivity contribution < 1.29 is 9.84 Å². The average molecular weight is 338 g/mol. The summed E-state index contributed by atoms with van der Waals surface area (Å²) >= 11 is 0. The van der Waals surface area contributed by atoms with Gasteiger partial charge in [0, 0.05) is 35.7 Å². The standard InChI is InChI=1S/C21H26N2O2/c1-3-14-8-13-10-21(12-24)19-16(6-7-23(11-13)20(14)21)17-9-15(25-2)4-5-18(17)22-19/h4-5,8-9,14,20,22,24H,3,6-7,10-12H2,1-2H3/t14?,20?,21-/m1/s1. The zero-order chi connectivity index (χ0) is 17.2. The van der Waals surface area contributed by atoms with Crippen LogP contribution in [0.25, 0.3) is 10.9 Å². The number of fused-ring (bicyclic) bond motifs is 4. The topological polar surface area (TPSA) is 48.5 Å². The molecule has 4 atom stereocenters. The number of hydrogen-bond donors (Lipinski definition) is 2. The smallest absolute Gasteiger partial charge is 0.119 e. The highest BCUT2D eigenvalue weighted by molar-refractivity contribution is 5.87. The van der Waals surface area contributed by atoms with Crippen molar-refractivity contribution in [3.8, 4) is 5.75 Å². The Bertz CT molecular complexity index is 868. The van der Waals surface area contributed by atoms with Gasteiger partial charge in [-0.15, -0.1) is 0 Å². The molecule has 1 aromatic carbocycles. The fourth-order valence-electron chi connectivity index (χ4n) is 5.78. The second-order valence-electron chi connectivity index (χ2n) is 7.94. The zero-order valence-electron chi connectivity index (χ0n) is 15.0. The Morgan fingerprint density at radius 3 is 3.04 bits per heavy atom. The summed E-state index contributed by atoms with van der Waals surface area (Å²) in [7, 11) is 1.72. The molecular formula is C21H26N2O2. The lowest BCUT2D eigenvalue weighted by Crippen LogP contribution is -2.62. The molecule has 3 unspecified atom stereocenters. The number of nitrogens with one attached hydrogen (secondary N) is 1. The van der Waals surface area contributed by atoms with Crippen molar-refractivity contribution in [1.82, 2.24) is 9.88 Å². The van der Waals surface area contributed by atoms with Crippen LogP contribution in [0.1, 0.15) is 31.0 Å². The number of aromatic nitrogens is 1. The largest absolute Gasteiger partial charge is 0.497 e. The van der Waals surface area contributed by atoms with Crippen molar-refractivity contribution in [1.29, 1.82) is 0 Å². The van der Waals surface area contributed by atoms with Gasteiger partial charge in [0.2, 0.25) is 0 Å². The third-order valence-electron chi connectivity index (χ3n) is 6.78. The summed E-state index contributed by atoms with van der Waals surface area (Å²) in [5.74, 6) is 1.44. The molecule has 2 aromatic rings. The summed E-state index contributed by atoms with van der Waals surface area (Å²) in [6.45, 7) is 4.63. The lowest BCUT2D eigenvalue weighted by Gasteiger charge is -2.55. The Morgan fingerprint density at radius 2 is 2.28 bits per heavy atom. The normalized spacial score (nSPS) is 33.1. The molecule has 4 bridgehead atoms. The van der Waals surface area contributed by atoms with E-state index in [9.17, 15) is 5.11 Å². The van der Waals surface area contributed by atoms with Crippen molar-refractivity contribution in [2.45, 2.75) is 37.6 Å². The maximum atomic E-state index is 10.6. The quantitative estimate of drug-likeness (QED) is 0.846. The molecule has 0 amide bonds. The summed E-state index contributed by atoms with van der Waals surface area (Å²) in [5.41, 5.74) is 5.13. The summed E-state index contributed by atoms with van der Waals surface area (Å²) in [4.78, 5) is 6.34. The number of rotatable bonds is 3. The number of benzene rings is 1. The van der Waals surface area contributed by atoms with Gasteiger partial charge in [0.05, 0.1) is 19.1 Å². The van der Waals surface area contributed by atoms with Gasteiger partial charge in [-0.05, 0) is 48.9 Å². The molecule has 6 rings (SSSR count). The van der Waals surface area contributed by atoms with E-state index in [2.05, 4.69) is 35.0 Å². The molecular weight excluding hydrogens is 312 g/mol. The molecule has 0 radical (unpaired) electrons. The van der Waals surface area contributed by atoms with Crippen LogP contribution in [-0.4, -0.2) is 47.8 Å². The number of aliphatic hydroxyl groups excluding tert-OH is 1. The lowest BCUT2D eigenvalue weighted by molar-refractivity contribution is 0.0160. The van der Waals surface area contributed by atoms with Crippen molar-refractivity contribution in [2.24, 2.45) is 5.92 Å². The summed E-state index contributed by atoms with van der Waals surface area (Å²) in [6, 6.07) is 6.68. The first kappa shape index (κ1) is 15.5. The third kappa shape index (κ3) is 1.95. The molecule has 1 aliphatic carbocycles. The Kier molecular flexibility index (Phi) is 3.32. The molecule has 4 aliphatic rings. The van der Waals surface area contributed by atoms with E-state index < -0.39 is 0 Å². The van der Waals surface area contributed by atoms with Gasteiger partial charge >= 0.3 is 0 Å². The Labute approximate surface area is 148 Å². The monoisotopic (exact) mass is 338 g/mol. The predicted molar refractivity (Wildman–Crippen MR) is 99.2 cm³/mol. The van der Waals surface area contributed by atoms with E-state index in [1.165, 1.54) is 22.2 Å². The summed E-state index contributed by atoms with van der Waals surface area (Å²) < 4.78 is 5.45. The van der Waals surface area contributed by atoms with Crippen LogP contribution in [0.15, 0.2) is 29.8 Å². The number of aromatic amines is 1. The van der Waals surface area contributed by atoms with Crippen molar-refractivity contribution >= 4 is 10.9 Å². The first-order valence-corrected chi connectivity index (χ1v) is 9.43. The van der Waals surface area contributed by atoms with Crippen LogP contribution in [0.3, 0.4) is 0 Å². The molecule has 4 nitrogen and oxygen atoms in total. The fraction of sp³-hybridized carbons (Fsp3) is 0.524. The molecule has 1 fully saturated rings. The van der Waals surface area contributed by atoms with Crippen LogP contribution in [0.5, 0.6) is 5.75 Å². The number of piperidine rings is 1. The molecule has 0 saturated carbocycles. The first-order chi connectivity index (χ1) is 12.2. The van der Waals surface area contributed by atoms with Crippen LogP contribution in [-0.2, 0) is 11.8 Å². The third-order valence-corrected chi connectivity index (χ3v) is 6.78. The second kappa shape index (κ2) is 5.36. The minimum absolute atomic E-state index is 0.193. The van der Waals surface area contributed by atoms with Crippen molar-refractivity contribution in [2.75, 3.05) is 26.8 Å². The first-order valence-electron chi connectivity index (χ1n) is 9.43. The van der Waals surface area contributed by atoms with E-state index in [-0.39, 0.29) is 12.0 Å². The minimum Gasteiger partial charge on any atom is -0.497 e. The average Bonchev–Trinajstić information content (AvgIpc) is 2.99. The fourth-order valence-corrected chi connectivity index (χ4v) is 5.78. The van der Waals surface area contributed by atoms with E-state index in [0.29, 0.717) is 12.0 Å². The highest BCUT2D eigenvalue weighted by Gasteiger charge is 2.55. The van der Waals surface area contributed by atoms with Gasteiger partial charge in [0.1, 0.15) is 5.75 Å². The molecule has 25 heavy (non-hydrogen) atoms. The SMILES string of the molecule is CCC1C=C2CN3CCc4c([nH]c5ccc(OC)cc45)[C@](CO)(C2)C13. The van der Waals surface area contributed by atoms with Gasteiger partial charge < -0.3 is 14.8 Å². The van der Waals surface area contributed by atoms with E-state index >= 15 is 0 Å². The highest BCUT2D eigenvalue weighted by atomic mass is 16.5. The number of aliphatic hydroxyl groups is 1. The summed E-state index contributed by atoms with van der Waals surface area (Å²) in [6.07, 6.45) is 5.64. The molecule has 2 N–H and O–H groups in total. The molecule has 1 aromatic heterocycles. The predicted octanol–water partition coefficient (Wildman–Crippen LogP) is 3.00. The van der Waals surface area contributed by atoms with E-state index in [1.807, 2.05) is 6.07 Å². The van der Waals surface area contributed by atoms with Gasteiger partial charge in [-0.2, -0.15) is 0 Å². The van der Waals surface area contributed by atoms with E-state index in [1.54, 1.807) is 7.11 Å². The number of H-pyrrole nitrogens is 1. The number of methoxy groups -OCH3 is 1. The van der Waals surface area contributed by atoms with Gasteiger partial charge in [0.15, 0.2) is 0 Å². The van der Waals surface area contributed by atoms with E-state index in [4.69, 9.17) is 4.74 Å². The number of hydrogen-bond acceptors (Lipinski definition) is 3. The second-order valence-corrected chi connectivity index (χ2v) is 7.94. The molecule has 0 spiro atoms. The van der Waals surface area contributed by atoms with Gasteiger partial charge in [0.25, 0.3) is 0 Å². The molecule has 3 aliphatic heterocycles. The minimum atomic E-state index is -0.193. The van der Waals surface area contributed by atoms with Crippen molar-refractivity contribution in [3.05, 3.63) is 41.1 Å². The Balaban J connectivity index is 1.76. The molecule has 132 valence electrons. The zero-order valence-corrected chi connectivity index (χ0v) is 15.0. The highest BCUT2D eigenvalue weighted by Crippen LogP contribution is 2.52. The van der Waals surface area contributed by atoms with E-state index in [0.717, 1.165) is 43.6 Å². The van der Waals surface area contributed by atoms with Crippen LogP contribution >= 0.6 is 0 Å². The van der Waals surface area contributed by atoms with Gasteiger partial charge in [-0.3, -0.25) is 4.90 Å².